The third-order valence-electron chi connectivity index (χ3n) is 3.86. The average molecular weight is 467 g/mol. The lowest BCUT2D eigenvalue weighted by molar-refractivity contribution is -0.0479. The van der Waals surface area contributed by atoms with Crippen LogP contribution < -0.4 is 5.73 Å². The first kappa shape index (κ1) is 22.6. The molecule has 0 amide bonds. The van der Waals surface area contributed by atoms with E-state index in [9.17, 15) is 19.3 Å². The highest BCUT2D eigenvalue weighted by Crippen LogP contribution is 2.57. The summed E-state index contributed by atoms with van der Waals surface area (Å²) in [5.74, 6) is 0.115. The molecule has 3 rings (SSSR count). The Balaban J connectivity index is 1.80. The predicted molar refractivity (Wildman–Crippen MR) is 99.9 cm³/mol. The van der Waals surface area contributed by atoms with E-state index >= 15 is 0 Å². The van der Waals surface area contributed by atoms with Gasteiger partial charge < -0.3 is 47.1 Å². The summed E-state index contributed by atoms with van der Waals surface area (Å²) in [6.07, 6.45) is -2.41. The van der Waals surface area contributed by atoms with E-state index in [1.54, 1.807) is 6.26 Å². The van der Waals surface area contributed by atoms with Gasteiger partial charge in [0, 0.05) is 0 Å². The van der Waals surface area contributed by atoms with Crippen molar-refractivity contribution in [2.45, 2.75) is 29.7 Å². The van der Waals surface area contributed by atoms with E-state index in [1.165, 1.54) is 22.7 Å². The minimum Gasteiger partial charge on any atom is -0.443 e. The van der Waals surface area contributed by atoms with E-state index in [1.807, 2.05) is 0 Å². The maximum absolute atomic E-state index is 11.8. The molecule has 5 atom stereocenters. The number of aliphatic hydroxyl groups is 2. The third-order valence-corrected chi connectivity index (χ3v) is 6.68. The summed E-state index contributed by atoms with van der Waals surface area (Å²) in [6, 6.07) is 0. The zero-order valence-electron chi connectivity index (χ0n) is 14.7. The van der Waals surface area contributed by atoms with Gasteiger partial charge in [-0.25, -0.2) is 23.8 Å². The topological polar surface area (TPSA) is 212 Å². The van der Waals surface area contributed by atoms with Crippen LogP contribution in [0.3, 0.4) is 0 Å². The molecule has 18 heteroatoms. The number of aliphatic hydroxyl groups excluding tert-OH is 2. The highest BCUT2D eigenvalue weighted by molar-refractivity contribution is 7.98. The summed E-state index contributed by atoms with van der Waals surface area (Å²) in [6.45, 7) is -0.692. The second kappa shape index (κ2) is 8.23. The molecule has 0 aromatic carbocycles. The van der Waals surface area contributed by atoms with E-state index in [4.69, 9.17) is 27.8 Å². The average Bonchev–Trinajstić information content (AvgIpc) is 3.13. The van der Waals surface area contributed by atoms with Crippen LogP contribution in [0.1, 0.15) is 6.23 Å². The molecule has 0 aliphatic carbocycles. The number of rotatable bonds is 7. The molecule has 3 radical (unpaired) electrons. The van der Waals surface area contributed by atoms with Gasteiger partial charge in [-0.05, 0) is 6.26 Å². The summed E-state index contributed by atoms with van der Waals surface area (Å²) in [5, 5.41) is 20.9. The number of thioether (sulfide) groups is 1. The smallest absolute Gasteiger partial charge is 0.443 e. The van der Waals surface area contributed by atoms with Gasteiger partial charge in [-0.2, -0.15) is 0 Å². The SMILES string of the molecule is [B-][P@@](=O)(OC[C@H]1OC(n2cnc3c(N)nc(SC)nc32)[C@@H](O)[C@H]1O)OP(=O)(O)O. The molecule has 14 nitrogen and oxygen atoms in total. The maximum Gasteiger partial charge on any atom is 0.474 e. The van der Waals surface area contributed by atoms with Gasteiger partial charge in [0.1, 0.15) is 23.8 Å². The normalized spacial score (nSPS) is 27.4. The number of aromatic nitrogens is 4. The number of imidazole rings is 1. The van der Waals surface area contributed by atoms with Gasteiger partial charge in [0.05, 0.1) is 20.4 Å². The molecule has 2 aromatic rings. The zero-order valence-corrected chi connectivity index (χ0v) is 17.3. The van der Waals surface area contributed by atoms with Crippen molar-refractivity contribution < 1.29 is 42.7 Å². The molecule has 0 spiro atoms. The Bertz CT molecular complexity index is 1000. The number of phosphoric acid groups is 1. The van der Waals surface area contributed by atoms with E-state index in [0.717, 1.165) is 0 Å². The number of ether oxygens (including phenoxy) is 1. The first-order valence-electron chi connectivity index (χ1n) is 7.77. The summed E-state index contributed by atoms with van der Waals surface area (Å²) >= 11 is 1.23. The van der Waals surface area contributed by atoms with Crippen molar-refractivity contribution in [3.8, 4) is 0 Å². The van der Waals surface area contributed by atoms with Crippen molar-refractivity contribution in [2.75, 3.05) is 18.6 Å². The number of nitrogens with two attached hydrogens (primary N) is 1. The number of nitrogens with zero attached hydrogens (tertiary/aromatic N) is 4. The Hall–Kier alpha value is -1.06. The van der Waals surface area contributed by atoms with Crippen molar-refractivity contribution in [1.82, 2.24) is 19.5 Å². The Labute approximate surface area is 168 Å². The van der Waals surface area contributed by atoms with Gasteiger partial charge in [0.15, 0.2) is 22.8 Å². The largest absolute Gasteiger partial charge is 0.474 e. The highest BCUT2D eigenvalue weighted by Gasteiger charge is 2.44. The fraction of sp³-hybridized carbons (Fsp3) is 0.545. The number of hydrogen-bond donors (Lipinski definition) is 5. The van der Waals surface area contributed by atoms with Crippen molar-refractivity contribution in [2.24, 2.45) is 0 Å². The van der Waals surface area contributed by atoms with Gasteiger partial charge in [0.25, 0.3) is 0 Å². The molecule has 3 heterocycles. The monoisotopic (exact) mass is 467 g/mol. The van der Waals surface area contributed by atoms with Crippen molar-refractivity contribution >= 4 is 51.6 Å². The lowest BCUT2D eigenvalue weighted by Crippen LogP contribution is -2.33. The Kier molecular flexibility index (Phi) is 6.42. The molecule has 0 bridgehead atoms. The summed E-state index contributed by atoms with van der Waals surface area (Å²) in [4.78, 5) is 29.7. The van der Waals surface area contributed by atoms with E-state index in [2.05, 4.69) is 23.8 Å². The van der Waals surface area contributed by atoms with E-state index in [0.29, 0.717) is 5.16 Å². The third kappa shape index (κ3) is 4.99. The van der Waals surface area contributed by atoms with Crippen LogP contribution in [-0.4, -0.2) is 78.3 Å². The zero-order chi connectivity index (χ0) is 21.6. The van der Waals surface area contributed by atoms with Crippen LogP contribution in [0.4, 0.5) is 5.82 Å². The lowest BCUT2D eigenvalue weighted by Gasteiger charge is -2.28. The van der Waals surface area contributed by atoms with Crippen LogP contribution in [0.15, 0.2) is 11.5 Å². The molecule has 1 unspecified atom stereocenters. The molecular weight excluding hydrogens is 451 g/mol. The first-order valence-corrected chi connectivity index (χ1v) is 12.1. The van der Waals surface area contributed by atoms with Gasteiger partial charge in [-0.3, -0.25) is 4.57 Å². The molecule has 2 aromatic heterocycles. The molecule has 29 heavy (non-hydrogen) atoms. The number of nitrogen functional groups attached to an aromatic ring is 1. The quantitative estimate of drug-likeness (QED) is 0.145. The first-order chi connectivity index (χ1) is 13.4. The van der Waals surface area contributed by atoms with Crippen LogP contribution in [0.2, 0.25) is 0 Å². The van der Waals surface area contributed by atoms with Gasteiger partial charge >= 0.3 is 7.82 Å². The second-order valence-corrected chi connectivity index (χ2v) is 9.62. The minimum atomic E-state index is -5.17. The second-order valence-electron chi connectivity index (χ2n) is 5.87. The van der Waals surface area contributed by atoms with Crippen LogP contribution in [0.5, 0.6) is 0 Å². The number of anilines is 1. The Morgan fingerprint density at radius 1 is 1.34 bits per heavy atom. The predicted octanol–water partition coefficient (Wildman–Crippen LogP) is -0.848. The molecule has 1 saturated heterocycles. The van der Waals surface area contributed by atoms with Crippen LogP contribution in [0.25, 0.3) is 11.2 Å². The molecule has 159 valence electrons. The highest BCUT2D eigenvalue weighted by atomic mass is 32.2. The number of hydrogen-bond acceptors (Lipinski definition) is 12. The van der Waals surface area contributed by atoms with Gasteiger partial charge in [-0.1, -0.05) is 11.8 Å². The Morgan fingerprint density at radius 2 is 2.03 bits per heavy atom. The molecule has 6 N–H and O–H groups in total. The standard InChI is InChI=1S/C11H16BN5O9P2S/c1-29-11-15-8(13)5-9(16-11)17(3-14-5)10-7(19)6(18)4(25-10)2-24-27(12,20)26-28(21,22)23/h3-4,6-7,10,18-19H,2H2,1H3,(H2,13,15,16)(H2,21,22,23)/q-1/t4-,6+,7+,10?,27-/m1/s1. The minimum absolute atomic E-state index is 0.115. The van der Waals surface area contributed by atoms with E-state index < -0.39 is 46.4 Å². The molecular formula is C11H16BN5O9P2S-. The van der Waals surface area contributed by atoms with Gasteiger partial charge in [-0.15, -0.1) is 0 Å². The van der Waals surface area contributed by atoms with Crippen LogP contribution in [-0.2, 0) is 22.7 Å². The van der Waals surface area contributed by atoms with Crippen LogP contribution in [0, 0.1) is 0 Å². The summed E-state index contributed by atoms with van der Waals surface area (Å²) in [5.41, 5.74) is 6.35. The molecule has 0 saturated carbocycles. The summed E-state index contributed by atoms with van der Waals surface area (Å²) < 4.78 is 37.9. The maximum atomic E-state index is 11.8. The van der Waals surface area contributed by atoms with E-state index in [-0.39, 0.29) is 17.0 Å². The molecule has 1 aliphatic rings. The van der Waals surface area contributed by atoms with Gasteiger partial charge in [0.2, 0.25) is 0 Å². The Morgan fingerprint density at radius 3 is 2.66 bits per heavy atom. The van der Waals surface area contributed by atoms with Crippen molar-refractivity contribution in [3.05, 3.63) is 6.33 Å². The fourth-order valence-corrected chi connectivity index (χ4v) is 4.74. The summed E-state index contributed by atoms with van der Waals surface area (Å²) in [7, 11) is -4.73. The van der Waals surface area contributed by atoms with Crippen molar-refractivity contribution in [1.29, 1.82) is 0 Å². The molecule has 1 fully saturated rings. The molecule has 1 aliphatic heterocycles. The fourth-order valence-electron chi connectivity index (χ4n) is 2.64. The van der Waals surface area contributed by atoms with Crippen LogP contribution >= 0.6 is 27.1 Å². The van der Waals surface area contributed by atoms with Crippen molar-refractivity contribution in [3.63, 3.8) is 0 Å². The lowest BCUT2D eigenvalue weighted by atomic mass is 10.1. The number of fused-ring (bicyclic) bond motifs is 1.